The van der Waals surface area contributed by atoms with Crippen LogP contribution in [0.5, 0.6) is 11.5 Å². The van der Waals surface area contributed by atoms with Crippen LogP contribution in [0.1, 0.15) is 10.6 Å². The molecule has 0 spiro atoms. The van der Waals surface area contributed by atoms with E-state index >= 15 is 0 Å². The molecule has 4 nitrogen and oxygen atoms in total. The quantitative estimate of drug-likeness (QED) is 0.640. The van der Waals surface area contributed by atoms with Crippen LogP contribution in [0.25, 0.3) is 22.9 Å². The average molecular weight is 350 g/mol. The van der Waals surface area contributed by atoms with E-state index in [-0.39, 0.29) is 12.6 Å². The van der Waals surface area contributed by atoms with Gasteiger partial charge in [0, 0.05) is 10.9 Å². The topological polar surface area (TPSA) is 55.1 Å². The maximum atomic E-state index is 13.0. The maximum Gasteiger partial charge on any atom is 0.231 e. The summed E-state index contributed by atoms with van der Waals surface area (Å²) in [6.07, 6.45) is 1.70. The van der Waals surface area contributed by atoms with Gasteiger partial charge in [-0.25, -0.2) is 9.37 Å². The number of ether oxygens (including phenoxy) is 2. The zero-order valence-corrected chi connectivity index (χ0v) is 13.7. The van der Waals surface area contributed by atoms with Crippen molar-refractivity contribution in [3.8, 4) is 28.8 Å². The molecule has 2 aromatic carbocycles. The van der Waals surface area contributed by atoms with Crippen molar-refractivity contribution in [1.29, 1.82) is 5.26 Å². The van der Waals surface area contributed by atoms with E-state index in [1.165, 1.54) is 23.5 Å². The Balaban J connectivity index is 1.65. The lowest BCUT2D eigenvalue weighted by atomic mass is 10.1. The van der Waals surface area contributed by atoms with Crippen molar-refractivity contribution >= 4 is 23.0 Å². The molecule has 6 heteroatoms. The third-order valence-corrected chi connectivity index (χ3v) is 4.58. The number of thiazole rings is 1. The molecule has 2 heterocycles. The summed E-state index contributed by atoms with van der Waals surface area (Å²) in [4.78, 5) is 4.55. The van der Waals surface area contributed by atoms with Crippen molar-refractivity contribution < 1.29 is 13.9 Å². The number of halogens is 1. The molecule has 0 unspecified atom stereocenters. The molecule has 0 bridgehead atoms. The van der Waals surface area contributed by atoms with Crippen molar-refractivity contribution in [1.82, 2.24) is 4.98 Å². The molecular weight excluding hydrogens is 339 g/mol. The number of nitrogens with zero attached hydrogens (tertiary/aromatic N) is 2. The molecule has 3 aromatic rings. The molecule has 25 heavy (non-hydrogen) atoms. The molecule has 0 saturated heterocycles. The molecule has 4 rings (SSSR count). The van der Waals surface area contributed by atoms with Gasteiger partial charge in [0.15, 0.2) is 11.5 Å². The van der Waals surface area contributed by atoms with Crippen LogP contribution in [0, 0.1) is 17.1 Å². The van der Waals surface area contributed by atoms with Crippen molar-refractivity contribution in [3.63, 3.8) is 0 Å². The Hall–Kier alpha value is -3.17. The monoisotopic (exact) mass is 350 g/mol. The van der Waals surface area contributed by atoms with Crippen molar-refractivity contribution in [2.45, 2.75) is 0 Å². The first-order valence-electron chi connectivity index (χ1n) is 7.46. The molecule has 1 aromatic heterocycles. The van der Waals surface area contributed by atoms with Gasteiger partial charge in [-0.1, -0.05) is 12.1 Å². The van der Waals surface area contributed by atoms with Crippen LogP contribution < -0.4 is 9.47 Å². The van der Waals surface area contributed by atoms with Crippen LogP contribution in [0.4, 0.5) is 4.39 Å². The first-order valence-corrected chi connectivity index (χ1v) is 8.34. The smallest absolute Gasteiger partial charge is 0.231 e. The summed E-state index contributed by atoms with van der Waals surface area (Å²) in [7, 11) is 0. The molecule has 1 aliphatic rings. The first kappa shape index (κ1) is 15.4. The van der Waals surface area contributed by atoms with Gasteiger partial charge in [0.1, 0.15) is 16.9 Å². The summed E-state index contributed by atoms with van der Waals surface area (Å²) in [5.74, 6) is 1.09. The van der Waals surface area contributed by atoms with Crippen LogP contribution in [-0.4, -0.2) is 11.8 Å². The van der Waals surface area contributed by atoms with Crippen LogP contribution in [-0.2, 0) is 0 Å². The number of allylic oxidation sites excluding steroid dienone is 1. The van der Waals surface area contributed by atoms with E-state index in [0.717, 1.165) is 16.8 Å². The zero-order valence-electron chi connectivity index (χ0n) is 12.9. The molecule has 0 radical (unpaired) electrons. The van der Waals surface area contributed by atoms with Crippen LogP contribution in [0.3, 0.4) is 0 Å². The highest BCUT2D eigenvalue weighted by atomic mass is 32.1. The standard InChI is InChI=1S/C19H11FN2O2S/c20-15-4-1-12(2-5-15)7-14(9-21)19-22-16(10-25-19)13-3-6-17-18(8-13)24-11-23-17/h1-8,10H,11H2. The highest BCUT2D eigenvalue weighted by Gasteiger charge is 2.15. The van der Waals surface area contributed by atoms with E-state index in [1.807, 2.05) is 23.6 Å². The van der Waals surface area contributed by atoms with Gasteiger partial charge in [0.25, 0.3) is 0 Å². The third kappa shape index (κ3) is 3.10. The van der Waals surface area contributed by atoms with E-state index in [2.05, 4.69) is 11.1 Å². The fraction of sp³-hybridized carbons (Fsp3) is 0.0526. The summed E-state index contributed by atoms with van der Waals surface area (Å²) in [6.45, 7) is 0.222. The minimum Gasteiger partial charge on any atom is -0.454 e. The first-order chi connectivity index (χ1) is 12.2. The highest BCUT2D eigenvalue weighted by Crippen LogP contribution is 2.36. The third-order valence-electron chi connectivity index (χ3n) is 3.70. The predicted octanol–water partition coefficient (Wildman–Crippen LogP) is 4.74. The zero-order chi connectivity index (χ0) is 17.2. The molecule has 0 N–H and O–H groups in total. The summed E-state index contributed by atoms with van der Waals surface area (Å²) in [5, 5.41) is 11.9. The van der Waals surface area contributed by atoms with Crippen LogP contribution in [0.2, 0.25) is 0 Å². The van der Waals surface area contributed by atoms with Gasteiger partial charge in [-0.15, -0.1) is 11.3 Å². The number of hydrogen-bond acceptors (Lipinski definition) is 5. The maximum absolute atomic E-state index is 13.0. The Morgan fingerprint density at radius 2 is 1.96 bits per heavy atom. The fourth-order valence-corrected chi connectivity index (χ4v) is 3.25. The van der Waals surface area contributed by atoms with Gasteiger partial charge >= 0.3 is 0 Å². The molecule has 1 aliphatic heterocycles. The van der Waals surface area contributed by atoms with Crippen molar-refractivity contribution in [2.24, 2.45) is 0 Å². The van der Waals surface area contributed by atoms with E-state index in [1.54, 1.807) is 18.2 Å². The van der Waals surface area contributed by atoms with E-state index in [9.17, 15) is 9.65 Å². The number of nitriles is 1. The van der Waals surface area contributed by atoms with E-state index < -0.39 is 0 Å². The molecule has 122 valence electrons. The molecule has 0 fully saturated rings. The summed E-state index contributed by atoms with van der Waals surface area (Å²) >= 11 is 1.38. The second kappa shape index (κ2) is 6.38. The predicted molar refractivity (Wildman–Crippen MR) is 93.6 cm³/mol. The fourth-order valence-electron chi connectivity index (χ4n) is 2.45. The highest BCUT2D eigenvalue weighted by molar-refractivity contribution is 7.11. The second-order valence-electron chi connectivity index (χ2n) is 5.33. The Morgan fingerprint density at radius 1 is 1.16 bits per heavy atom. The average Bonchev–Trinajstić information content (AvgIpc) is 3.30. The van der Waals surface area contributed by atoms with Gasteiger partial charge in [-0.3, -0.25) is 0 Å². The SMILES string of the molecule is N#CC(=Cc1ccc(F)cc1)c1nc(-c2ccc3c(c2)OCO3)cs1. The molecular formula is C19H11FN2O2S. The lowest BCUT2D eigenvalue weighted by Gasteiger charge is -1.99. The molecule has 0 atom stereocenters. The van der Waals surface area contributed by atoms with Gasteiger partial charge in [-0.2, -0.15) is 5.26 Å². The molecule has 0 saturated carbocycles. The Kier molecular flexibility index (Phi) is 3.92. The number of aromatic nitrogens is 1. The minimum atomic E-state index is -0.310. The molecule has 0 amide bonds. The van der Waals surface area contributed by atoms with Gasteiger partial charge < -0.3 is 9.47 Å². The lowest BCUT2D eigenvalue weighted by Crippen LogP contribution is -1.92. The second-order valence-corrected chi connectivity index (χ2v) is 6.19. The van der Waals surface area contributed by atoms with Gasteiger partial charge in [0.2, 0.25) is 6.79 Å². The van der Waals surface area contributed by atoms with Gasteiger partial charge in [0.05, 0.1) is 11.3 Å². The minimum absolute atomic E-state index is 0.222. The van der Waals surface area contributed by atoms with Crippen molar-refractivity contribution in [2.75, 3.05) is 6.79 Å². The Morgan fingerprint density at radius 3 is 2.76 bits per heavy atom. The summed E-state index contributed by atoms with van der Waals surface area (Å²) in [5.41, 5.74) is 2.84. The number of hydrogen-bond donors (Lipinski definition) is 0. The number of rotatable bonds is 3. The summed E-state index contributed by atoms with van der Waals surface area (Å²) < 4.78 is 23.7. The Labute approximate surface area is 147 Å². The molecule has 0 aliphatic carbocycles. The number of benzene rings is 2. The Bertz CT molecular complexity index is 1000. The van der Waals surface area contributed by atoms with E-state index in [0.29, 0.717) is 22.1 Å². The normalized spacial score (nSPS) is 12.9. The van der Waals surface area contributed by atoms with Crippen molar-refractivity contribution in [3.05, 3.63) is 64.2 Å². The van der Waals surface area contributed by atoms with E-state index in [4.69, 9.17) is 9.47 Å². The van der Waals surface area contributed by atoms with Gasteiger partial charge in [-0.05, 0) is 42.0 Å². The largest absolute Gasteiger partial charge is 0.454 e. The van der Waals surface area contributed by atoms with Crippen LogP contribution >= 0.6 is 11.3 Å². The lowest BCUT2D eigenvalue weighted by molar-refractivity contribution is 0.174. The number of fused-ring (bicyclic) bond motifs is 1. The van der Waals surface area contributed by atoms with Crippen LogP contribution in [0.15, 0.2) is 47.8 Å². The summed E-state index contributed by atoms with van der Waals surface area (Å²) in [6, 6.07) is 13.8.